The molecule has 132 valence electrons. The Labute approximate surface area is 148 Å². The second kappa shape index (κ2) is 8.87. The highest BCUT2D eigenvalue weighted by Crippen LogP contribution is 2.17. The van der Waals surface area contributed by atoms with Crippen molar-refractivity contribution < 1.29 is 14.3 Å². The van der Waals surface area contributed by atoms with Gasteiger partial charge in [0, 0.05) is 6.54 Å². The van der Waals surface area contributed by atoms with Gasteiger partial charge in [0.05, 0.1) is 11.3 Å². The maximum Gasteiger partial charge on any atom is 0.265 e. The third-order valence-corrected chi connectivity index (χ3v) is 3.67. The Bertz CT molecular complexity index is 726. The predicted molar refractivity (Wildman–Crippen MR) is 99.0 cm³/mol. The highest BCUT2D eigenvalue weighted by molar-refractivity contribution is 6.04. The molecule has 1 atom stereocenters. The van der Waals surface area contributed by atoms with Gasteiger partial charge in [0.2, 0.25) is 0 Å². The number of amides is 2. The van der Waals surface area contributed by atoms with Crippen LogP contribution in [-0.4, -0.2) is 24.5 Å². The Morgan fingerprint density at radius 1 is 1.08 bits per heavy atom. The molecule has 2 amide bonds. The van der Waals surface area contributed by atoms with Crippen molar-refractivity contribution in [2.75, 3.05) is 11.9 Å². The first-order valence-corrected chi connectivity index (χ1v) is 8.42. The summed E-state index contributed by atoms with van der Waals surface area (Å²) in [5, 5.41) is 5.59. The topological polar surface area (TPSA) is 67.4 Å². The Hall–Kier alpha value is -2.82. The van der Waals surface area contributed by atoms with Gasteiger partial charge in [-0.25, -0.2) is 0 Å². The lowest BCUT2D eigenvalue weighted by Crippen LogP contribution is -2.31. The first-order valence-electron chi connectivity index (χ1n) is 8.42. The third kappa shape index (κ3) is 5.35. The van der Waals surface area contributed by atoms with Gasteiger partial charge in [-0.05, 0) is 44.5 Å². The third-order valence-electron chi connectivity index (χ3n) is 3.67. The smallest absolute Gasteiger partial charge is 0.265 e. The van der Waals surface area contributed by atoms with E-state index in [-0.39, 0.29) is 11.8 Å². The van der Waals surface area contributed by atoms with E-state index in [1.54, 1.807) is 31.2 Å². The lowest BCUT2D eigenvalue weighted by molar-refractivity contribution is -0.122. The van der Waals surface area contributed by atoms with Gasteiger partial charge in [-0.1, -0.05) is 36.8 Å². The van der Waals surface area contributed by atoms with Crippen LogP contribution >= 0.6 is 0 Å². The summed E-state index contributed by atoms with van der Waals surface area (Å²) in [6.07, 6.45) is 0.163. The van der Waals surface area contributed by atoms with Crippen molar-refractivity contribution in [3.8, 4) is 5.75 Å². The summed E-state index contributed by atoms with van der Waals surface area (Å²) < 4.78 is 5.66. The molecule has 0 bridgehead atoms. The molecule has 0 aromatic heterocycles. The zero-order valence-electron chi connectivity index (χ0n) is 14.8. The molecule has 0 aliphatic heterocycles. The van der Waals surface area contributed by atoms with Crippen molar-refractivity contribution in [2.45, 2.75) is 33.3 Å². The molecule has 0 fully saturated rings. The number of aryl methyl sites for hydroxylation is 1. The molecule has 2 N–H and O–H groups in total. The van der Waals surface area contributed by atoms with Gasteiger partial charge in [-0.2, -0.15) is 0 Å². The molecular weight excluding hydrogens is 316 g/mol. The van der Waals surface area contributed by atoms with Crippen LogP contribution in [0.4, 0.5) is 5.69 Å². The number of ether oxygens (including phenoxy) is 1. The molecule has 0 spiro atoms. The lowest BCUT2D eigenvalue weighted by atomic mass is 10.1. The van der Waals surface area contributed by atoms with Crippen LogP contribution in [0.5, 0.6) is 5.75 Å². The molecule has 2 rings (SSSR count). The van der Waals surface area contributed by atoms with E-state index >= 15 is 0 Å². The van der Waals surface area contributed by atoms with Gasteiger partial charge in [0.25, 0.3) is 11.8 Å². The van der Waals surface area contributed by atoms with Crippen molar-refractivity contribution in [3.63, 3.8) is 0 Å². The maximum absolute atomic E-state index is 12.4. The van der Waals surface area contributed by atoms with Crippen molar-refractivity contribution in [2.24, 2.45) is 0 Å². The van der Waals surface area contributed by atoms with Gasteiger partial charge < -0.3 is 15.4 Å². The summed E-state index contributed by atoms with van der Waals surface area (Å²) >= 11 is 0. The van der Waals surface area contributed by atoms with E-state index in [2.05, 4.69) is 10.6 Å². The van der Waals surface area contributed by atoms with E-state index in [9.17, 15) is 9.59 Å². The first-order chi connectivity index (χ1) is 12.0. The number of carbonyl (C=O) groups excluding carboxylic acids is 2. The Morgan fingerprint density at radius 2 is 1.76 bits per heavy atom. The minimum Gasteiger partial charge on any atom is -0.481 e. The van der Waals surface area contributed by atoms with E-state index in [4.69, 9.17) is 4.74 Å². The largest absolute Gasteiger partial charge is 0.481 e. The quantitative estimate of drug-likeness (QED) is 0.810. The summed E-state index contributed by atoms with van der Waals surface area (Å²) in [6, 6.07) is 14.4. The van der Waals surface area contributed by atoms with Crippen LogP contribution in [-0.2, 0) is 4.79 Å². The summed E-state index contributed by atoms with van der Waals surface area (Å²) in [4.78, 5) is 24.6. The lowest BCUT2D eigenvalue weighted by Gasteiger charge is -2.16. The van der Waals surface area contributed by atoms with Crippen molar-refractivity contribution in [1.82, 2.24) is 5.32 Å². The number of hydrogen-bond donors (Lipinski definition) is 2. The van der Waals surface area contributed by atoms with Crippen LogP contribution in [0, 0.1) is 6.92 Å². The second-order valence-corrected chi connectivity index (χ2v) is 5.86. The van der Waals surface area contributed by atoms with Gasteiger partial charge in [-0.15, -0.1) is 0 Å². The van der Waals surface area contributed by atoms with Gasteiger partial charge in [0.15, 0.2) is 6.10 Å². The van der Waals surface area contributed by atoms with Gasteiger partial charge in [-0.3, -0.25) is 9.59 Å². The molecule has 0 saturated carbocycles. The predicted octanol–water partition coefficient (Wildman–Crippen LogP) is 3.54. The number of hydrogen-bond acceptors (Lipinski definition) is 3. The van der Waals surface area contributed by atoms with Crippen LogP contribution in [0.2, 0.25) is 0 Å². The first kappa shape index (κ1) is 18.5. The summed E-state index contributed by atoms with van der Waals surface area (Å²) in [7, 11) is 0. The Morgan fingerprint density at radius 3 is 2.44 bits per heavy atom. The molecule has 2 aromatic carbocycles. The SMILES string of the molecule is CCCNC(=O)c1ccccc1NC(=O)[C@H](C)Oc1ccc(C)cc1. The van der Waals surface area contributed by atoms with E-state index in [1.807, 2.05) is 38.1 Å². The van der Waals surface area contributed by atoms with Crippen LogP contribution in [0.25, 0.3) is 0 Å². The molecule has 0 aliphatic rings. The fourth-order valence-electron chi connectivity index (χ4n) is 2.23. The van der Waals surface area contributed by atoms with Crippen LogP contribution < -0.4 is 15.4 Å². The monoisotopic (exact) mass is 340 g/mol. The summed E-state index contributed by atoms with van der Waals surface area (Å²) in [5.41, 5.74) is 2.03. The number of rotatable bonds is 7. The van der Waals surface area contributed by atoms with Crippen LogP contribution in [0.3, 0.4) is 0 Å². The molecule has 0 saturated heterocycles. The summed E-state index contributed by atoms with van der Waals surface area (Å²) in [6.45, 7) is 6.24. The van der Waals surface area contributed by atoms with E-state index in [0.717, 1.165) is 12.0 Å². The molecule has 5 nitrogen and oxygen atoms in total. The maximum atomic E-state index is 12.4. The number of benzene rings is 2. The molecule has 0 radical (unpaired) electrons. The van der Waals surface area contributed by atoms with E-state index in [1.165, 1.54) is 0 Å². The molecule has 25 heavy (non-hydrogen) atoms. The average Bonchev–Trinajstić information content (AvgIpc) is 2.62. The van der Waals surface area contributed by atoms with Crippen molar-refractivity contribution in [3.05, 3.63) is 59.7 Å². The van der Waals surface area contributed by atoms with Gasteiger partial charge in [0.1, 0.15) is 5.75 Å². The van der Waals surface area contributed by atoms with E-state index in [0.29, 0.717) is 23.5 Å². The Balaban J connectivity index is 2.04. The molecular formula is C20H24N2O3. The van der Waals surface area contributed by atoms with Crippen LogP contribution in [0.15, 0.2) is 48.5 Å². The molecule has 0 unspecified atom stereocenters. The van der Waals surface area contributed by atoms with Crippen LogP contribution in [0.1, 0.15) is 36.2 Å². The minimum absolute atomic E-state index is 0.204. The standard InChI is InChI=1S/C20H24N2O3/c1-4-13-21-20(24)17-7-5-6-8-18(17)22-19(23)15(3)25-16-11-9-14(2)10-12-16/h5-12,15H,4,13H2,1-3H3,(H,21,24)(H,22,23)/t15-/m0/s1. The molecule has 0 aliphatic carbocycles. The zero-order chi connectivity index (χ0) is 18.2. The van der Waals surface area contributed by atoms with Crippen molar-refractivity contribution >= 4 is 17.5 Å². The highest BCUT2D eigenvalue weighted by Gasteiger charge is 2.18. The fraction of sp³-hybridized carbons (Fsp3) is 0.300. The molecule has 2 aromatic rings. The minimum atomic E-state index is -0.686. The highest BCUT2D eigenvalue weighted by atomic mass is 16.5. The number of nitrogens with one attached hydrogen (secondary N) is 2. The number of para-hydroxylation sites is 1. The zero-order valence-corrected chi connectivity index (χ0v) is 14.8. The van der Waals surface area contributed by atoms with Gasteiger partial charge >= 0.3 is 0 Å². The second-order valence-electron chi connectivity index (χ2n) is 5.86. The normalized spacial score (nSPS) is 11.5. The Kier molecular flexibility index (Phi) is 6.57. The number of carbonyl (C=O) groups is 2. The summed E-state index contributed by atoms with van der Waals surface area (Å²) in [5.74, 6) is 0.114. The molecule has 5 heteroatoms. The van der Waals surface area contributed by atoms with E-state index < -0.39 is 6.10 Å². The fourth-order valence-corrected chi connectivity index (χ4v) is 2.23. The molecule has 0 heterocycles. The number of anilines is 1. The average molecular weight is 340 g/mol. The van der Waals surface area contributed by atoms with Crippen molar-refractivity contribution in [1.29, 1.82) is 0 Å².